The maximum atomic E-state index is 6.02. The Morgan fingerprint density at radius 3 is 2.53 bits per heavy atom. The van der Waals surface area contributed by atoms with Gasteiger partial charge in [-0.25, -0.2) is 5.84 Å². The van der Waals surface area contributed by atoms with E-state index in [1.54, 1.807) is 18.2 Å². The van der Waals surface area contributed by atoms with Gasteiger partial charge in [0.2, 0.25) is 5.88 Å². The quantitative estimate of drug-likeness (QED) is 0.586. The summed E-state index contributed by atoms with van der Waals surface area (Å²) >= 11 is 21.2. The molecule has 0 saturated heterocycles. The predicted molar refractivity (Wildman–Crippen MR) is 81.3 cm³/mol. The van der Waals surface area contributed by atoms with Crippen LogP contribution in [-0.2, 0) is 0 Å². The minimum Gasteiger partial charge on any atom is -0.436 e. The molecule has 4 nitrogen and oxygen atoms in total. The van der Waals surface area contributed by atoms with E-state index in [0.29, 0.717) is 15.8 Å². The highest BCUT2D eigenvalue weighted by Crippen LogP contribution is 2.36. The fourth-order valence-electron chi connectivity index (χ4n) is 1.28. The van der Waals surface area contributed by atoms with Gasteiger partial charge >= 0.3 is 0 Å². The van der Waals surface area contributed by atoms with Gasteiger partial charge in [0, 0.05) is 4.47 Å². The molecule has 0 atom stereocenters. The highest BCUT2D eigenvalue weighted by atomic mass is 79.9. The Morgan fingerprint density at radius 2 is 1.84 bits per heavy atom. The second kappa shape index (κ2) is 6.15. The third-order valence-electron chi connectivity index (χ3n) is 2.13. The van der Waals surface area contributed by atoms with E-state index in [9.17, 15) is 0 Å². The Bertz CT molecular complexity index is 624. The van der Waals surface area contributed by atoms with E-state index in [1.807, 2.05) is 0 Å². The van der Waals surface area contributed by atoms with Crippen molar-refractivity contribution >= 4 is 56.6 Å². The van der Waals surface area contributed by atoms with Crippen LogP contribution in [0.1, 0.15) is 0 Å². The monoisotopic (exact) mass is 381 g/mol. The summed E-state index contributed by atoms with van der Waals surface area (Å²) < 4.78 is 6.37. The predicted octanol–water partition coefficient (Wildman–Crippen LogP) is 4.88. The summed E-state index contributed by atoms with van der Waals surface area (Å²) in [5, 5.41) is 0.971. The number of hydrazine groups is 1. The van der Waals surface area contributed by atoms with Crippen molar-refractivity contribution in [1.82, 2.24) is 4.98 Å². The third kappa shape index (κ3) is 3.43. The largest absolute Gasteiger partial charge is 0.436 e. The van der Waals surface area contributed by atoms with Crippen LogP contribution in [0.25, 0.3) is 0 Å². The van der Waals surface area contributed by atoms with Crippen LogP contribution in [0.2, 0.25) is 15.1 Å². The maximum Gasteiger partial charge on any atom is 0.240 e. The Balaban J connectivity index is 2.40. The van der Waals surface area contributed by atoms with Crippen molar-refractivity contribution in [3.8, 4) is 11.6 Å². The number of pyridine rings is 1. The lowest BCUT2D eigenvalue weighted by Crippen LogP contribution is -2.09. The molecule has 0 radical (unpaired) electrons. The normalized spacial score (nSPS) is 10.4. The Hall–Kier alpha value is -0.720. The number of nitrogen functional groups attached to an aromatic ring is 1. The van der Waals surface area contributed by atoms with E-state index < -0.39 is 0 Å². The molecule has 0 spiro atoms. The fraction of sp³-hybridized carbons (Fsp3) is 0. The smallest absolute Gasteiger partial charge is 0.240 e. The summed E-state index contributed by atoms with van der Waals surface area (Å²) in [7, 11) is 0. The highest BCUT2D eigenvalue weighted by Gasteiger charge is 2.12. The number of halogens is 4. The van der Waals surface area contributed by atoms with E-state index in [1.165, 1.54) is 6.07 Å². The zero-order valence-electron chi connectivity index (χ0n) is 9.25. The number of nitrogens with two attached hydrogens (primary N) is 1. The number of nitrogens with zero attached hydrogens (tertiary/aromatic N) is 1. The molecule has 19 heavy (non-hydrogen) atoms. The van der Waals surface area contributed by atoms with Gasteiger partial charge < -0.3 is 10.2 Å². The highest BCUT2D eigenvalue weighted by molar-refractivity contribution is 9.10. The van der Waals surface area contributed by atoms with E-state index in [0.717, 1.165) is 4.47 Å². The van der Waals surface area contributed by atoms with Crippen LogP contribution in [-0.4, -0.2) is 4.98 Å². The topological polar surface area (TPSA) is 60.2 Å². The average molecular weight is 383 g/mol. The molecule has 0 aliphatic heterocycles. The lowest BCUT2D eigenvalue weighted by Gasteiger charge is -2.11. The number of nitrogens with one attached hydrogen (secondary N) is 1. The van der Waals surface area contributed by atoms with Gasteiger partial charge in [0.15, 0.2) is 5.82 Å². The lowest BCUT2D eigenvalue weighted by atomic mass is 10.3. The Kier molecular flexibility index (Phi) is 4.76. The van der Waals surface area contributed by atoms with Gasteiger partial charge in [0.05, 0.1) is 10.0 Å². The van der Waals surface area contributed by atoms with Crippen LogP contribution in [0.4, 0.5) is 5.82 Å². The van der Waals surface area contributed by atoms with Crippen molar-refractivity contribution in [2.45, 2.75) is 0 Å². The molecule has 0 saturated carbocycles. The molecule has 100 valence electrons. The molecule has 0 unspecified atom stereocenters. The zero-order chi connectivity index (χ0) is 14.0. The third-order valence-corrected chi connectivity index (χ3v) is 3.50. The molecule has 0 bridgehead atoms. The number of aromatic nitrogens is 1. The van der Waals surface area contributed by atoms with E-state index in [2.05, 4.69) is 26.3 Å². The lowest BCUT2D eigenvalue weighted by molar-refractivity contribution is 0.464. The molecule has 2 aromatic rings. The SMILES string of the molecule is NNc1nc(Oc2cc(Br)ccc2Cl)c(Cl)cc1Cl. The second-order valence-electron chi connectivity index (χ2n) is 3.43. The average Bonchev–Trinajstić information content (AvgIpc) is 2.37. The summed E-state index contributed by atoms with van der Waals surface area (Å²) in [6.07, 6.45) is 0. The molecule has 1 heterocycles. The standard InChI is InChI=1S/C11H7BrCl3N3O/c12-5-1-2-6(13)9(3-5)19-11-8(15)4-7(14)10(17-11)18-16/h1-4H,16H2,(H,17,18). The summed E-state index contributed by atoms with van der Waals surface area (Å²) in [5.74, 6) is 6.11. The molecule has 0 aliphatic rings. The van der Waals surface area contributed by atoms with Crippen LogP contribution in [0.5, 0.6) is 11.6 Å². The molecule has 1 aromatic carbocycles. The van der Waals surface area contributed by atoms with Gasteiger partial charge in [-0.05, 0) is 24.3 Å². The summed E-state index contributed by atoms with van der Waals surface area (Å²) in [5.41, 5.74) is 2.35. The molecule has 0 aliphatic carbocycles. The van der Waals surface area contributed by atoms with Crippen LogP contribution in [0.3, 0.4) is 0 Å². The molecule has 2 rings (SSSR count). The number of rotatable bonds is 3. The first-order valence-corrected chi connectivity index (χ1v) is 6.89. The van der Waals surface area contributed by atoms with Gasteiger partial charge in [0.25, 0.3) is 0 Å². The van der Waals surface area contributed by atoms with E-state index >= 15 is 0 Å². The number of hydrogen-bond donors (Lipinski definition) is 2. The number of anilines is 1. The van der Waals surface area contributed by atoms with Crippen molar-refractivity contribution in [2.24, 2.45) is 5.84 Å². The Morgan fingerprint density at radius 1 is 1.11 bits per heavy atom. The van der Waals surface area contributed by atoms with Crippen molar-refractivity contribution in [3.05, 3.63) is 43.8 Å². The molecular formula is C11H7BrCl3N3O. The fourth-order valence-corrected chi connectivity index (χ4v) is 2.23. The maximum absolute atomic E-state index is 6.02. The molecule has 0 fully saturated rings. The van der Waals surface area contributed by atoms with Gasteiger partial charge in [-0.2, -0.15) is 4.98 Å². The van der Waals surface area contributed by atoms with Crippen molar-refractivity contribution in [3.63, 3.8) is 0 Å². The van der Waals surface area contributed by atoms with Crippen LogP contribution < -0.4 is 16.0 Å². The summed E-state index contributed by atoms with van der Waals surface area (Å²) in [4.78, 5) is 4.06. The molecule has 1 aromatic heterocycles. The number of ether oxygens (including phenoxy) is 1. The minimum absolute atomic E-state index is 0.152. The second-order valence-corrected chi connectivity index (χ2v) is 5.56. The number of hydrogen-bond acceptors (Lipinski definition) is 4. The first kappa shape index (κ1) is 14.7. The first-order chi connectivity index (χ1) is 9.01. The van der Waals surface area contributed by atoms with Crippen molar-refractivity contribution in [2.75, 3.05) is 5.43 Å². The minimum atomic E-state index is 0.152. The van der Waals surface area contributed by atoms with Gasteiger partial charge in [-0.3, -0.25) is 0 Å². The van der Waals surface area contributed by atoms with Crippen LogP contribution >= 0.6 is 50.7 Å². The Labute approximate surface area is 132 Å². The van der Waals surface area contributed by atoms with Gasteiger partial charge in [0.1, 0.15) is 10.8 Å². The van der Waals surface area contributed by atoms with E-state index in [4.69, 9.17) is 45.4 Å². The molecule has 0 amide bonds. The first-order valence-electron chi connectivity index (χ1n) is 4.97. The van der Waals surface area contributed by atoms with Crippen molar-refractivity contribution < 1.29 is 4.74 Å². The number of benzene rings is 1. The van der Waals surface area contributed by atoms with Gasteiger partial charge in [-0.1, -0.05) is 50.7 Å². The van der Waals surface area contributed by atoms with Crippen LogP contribution in [0.15, 0.2) is 28.7 Å². The van der Waals surface area contributed by atoms with E-state index in [-0.39, 0.29) is 16.7 Å². The molecular weight excluding hydrogens is 376 g/mol. The molecule has 3 N–H and O–H groups in total. The summed E-state index contributed by atoms with van der Waals surface area (Å²) in [6.45, 7) is 0. The van der Waals surface area contributed by atoms with Gasteiger partial charge in [-0.15, -0.1) is 0 Å². The van der Waals surface area contributed by atoms with Crippen LogP contribution in [0, 0.1) is 0 Å². The molecule has 8 heteroatoms. The summed E-state index contributed by atoms with van der Waals surface area (Å²) in [6, 6.07) is 6.66. The van der Waals surface area contributed by atoms with Crippen molar-refractivity contribution in [1.29, 1.82) is 0 Å². The zero-order valence-corrected chi connectivity index (χ0v) is 13.1.